The third kappa shape index (κ3) is 9.16. The number of rotatable bonds is 14. The molecule has 6 nitrogen and oxygen atoms in total. The molecule has 0 aliphatic rings. The summed E-state index contributed by atoms with van der Waals surface area (Å²) in [7, 11) is 0. The minimum atomic E-state index is -0.298. The highest BCUT2D eigenvalue weighted by atomic mass is 16.5. The van der Waals surface area contributed by atoms with Crippen molar-refractivity contribution in [3.63, 3.8) is 0 Å². The van der Waals surface area contributed by atoms with Crippen LogP contribution in [0.3, 0.4) is 0 Å². The summed E-state index contributed by atoms with van der Waals surface area (Å²) in [6.45, 7) is 8.46. The maximum atomic E-state index is 12.2. The lowest BCUT2D eigenvalue weighted by Crippen LogP contribution is -2.10. The molecule has 0 fully saturated rings. The summed E-state index contributed by atoms with van der Waals surface area (Å²) in [5.74, 6) is -0.596. The molecule has 1 rings (SSSR count). The Morgan fingerprint density at radius 3 is 1.50 bits per heavy atom. The zero-order valence-electron chi connectivity index (χ0n) is 18.8. The molecule has 0 heterocycles. The number of hydrogen-bond acceptors (Lipinski definition) is 6. The van der Waals surface area contributed by atoms with Crippen molar-refractivity contribution in [1.29, 1.82) is 0 Å². The van der Waals surface area contributed by atoms with Crippen molar-refractivity contribution in [1.82, 2.24) is 0 Å². The van der Waals surface area contributed by atoms with Gasteiger partial charge in [0.1, 0.15) is 0 Å². The van der Waals surface area contributed by atoms with Gasteiger partial charge in [-0.05, 0) is 51.7 Å². The number of unbranched alkanes of at least 4 members (excludes halogenated alkanes) is 2. The summed E-state index contributed by atoms with van der Waals surface area (Å²) in [6.07, 6.45) is 8.54. The summed E-state index contributed by atoms with van der Waals surface area (Å²) >= 11 is 0. The first-order valence-corrected chi connectivity index (χ1v) is 10.9. The summed E-state index contributed by atoms with van der Waals surface area (Å²) in [6, 6.07) is 7.63. The zero-order valence-corrected chi connectivity index (χ0v) is 18.8. The Bertz CT molecular complexity index is 665. The van der Waals surface area contributed by atoms with E-state index >= 15 is 0 Å². The van der Waals surface area contributed by atoms with Gasteiger partial charge in [-0.2, -0.15) is 0 Å². The molecule has 0 aromatic heterocycles. The average Bonchev–Trinajstić information content (AvgIpc) is 2.74. The summed E-state index contributed by atoms with van der Waals surface area (Å²) in [5, 5.41) is 6.42. The Morgan fingerprint density at radius 1 is 0.767 bits per heavy atom. The van der Waals surface area contributed by atoms with Crippen molar-refractivity contribution < 1.29 is 19.1 Å². The van der Waals surface area contributed by atoms with Crippen LogP contribution in [0.1, 0.15) is 66.2 Å². The van der Waals surface area contributed by atoms with Crippen molar-refractivity contribution in [2.45, 2.75) is 66.2 Å². The Kier molecular flexibility index (Phi) is 12.7. The second-order valence-electron chi connectivity index (χ2n) is 6.82. The molecule has 0 aliphatic carbocycles. The largest absolute Gasteiger partial charge is 0.463 e. The van der Waals surface area contributed by atoms with Crippen molar-refractivity contribution in [3.8, 4) is 0 Å². The van der Waals surface area contributed by atoms with Gasteiger partial charge < -0.3 is 20.1 Å². The Balaban J connectivity index is 3.01. The van der Waals surface area contributed by atoms with Crippen LogP contribution in [0.15, 0.2) is 47.8 Å². The molecular formula is C24H36N2O4. The lowest BCUT2D eigenvalue weighted by molar-refractivity contribution is -0.139. The van der Waals surface area contributed by atoms with Gasteiger partial charge in [0.15, 0.2) is 0 Å². The molecule has 0 unspecified atom stereocenters. The quantitative estimate of drug-likeness (QED) is 0.295. The van der Waals surface area contributed by atoms with Crippen LogP contribution in [-0.4, -0.2) is 25.2 Å². The van der Waals surface area contributed by atoms with Gasteiger partial charge in [-0.1, -0.05) is 38.8 Å². The molecule has 0 atom stereocenters. The topological polar surface area (TPSA) is 76.7 Å². The van der Waals surface area contributed by atoms with Gasteiger partial charge in [0.05, 0.1) is 35.7 Å². The highest BCUT2D eigenvalue weighted by Crippen LogP contribution is 2.23. The summed E-state index contributed by atoms with van der Waals surface area (Å²) in [4.78, 5) is 24.4. The molecule has 0 saturated carbocycles. The molecule has 2 N–H and O–H groups in total. The average molecular weight is 417 g/mol. The first-order valence-electron chi connectivity index (χ1n) is 10.9. The number of benzene rings is 1. The molecule has 0 aliphatic heterocycles. The highest BCUT2D eigenvalue weighted by molar-refractivity contribution is 5.90. The molecule has 0 saturated heterocycles. The Hall–Kier alpha value is -2.76. The molecular weight excluding hydrogens is 380 g/mol. The molecule has 1 aromatic rings. The Morgan fingerprint density at radius 2 is 1.17 bits per heavy atom. The molecule has 1 aromatic carbocycles. The van der Waals surface area contributed by atoms with Crippen LogP contribution in [0.2, 0.25) is 0 Å². The van der Waals surface area contributed by atoms with Crippen LogP contribution in [0, 0.1) is 0 Å². The smallest absolute Gasteiger partial charge is 0.335 e. The molecule has 0 spiro atoms. The number of ether oxygens (including phenoxy) is 2. The fourth-order valence-electron chi connectivity index (χ4n) is 2.71. The fraction of sp³-hybridized carbons (Fsp3) is 0.500. The maximum Gasteiger partial charge on any atom is 0.335 e. The zero-order chi connectivity index (χ0) is 22.2. The standard InChI is InChI=1S/C24H36N2O4/c1-5-9-13-19(23(27)29-7-3)17-25-21-15-11-12-16-22(21)26-18-20(14-10-6-2)24(28)30-8-4/h11-12,15-18,25-26H,5-10,13-14H2,1-4H3/b19-17-,20-18-. The van der Waals surface area contributed by atoms with Crippen LogP contribution in [0.4, 0.5) is 11.4 Å². The van der Waals surface area contributed by atoms with Crippen LogP contribution < -0.4 is 10.6 Å². The number of nitrogens with one attached hydrogen (secondary N) is 2. The number of para-hydroxylation sites is 2. The van der Waals surface area contributed by atoms with Gasteiger partial charge >= 0.3 is 11.9 Å². The van der Waals surface area contributed by atoms with Crippen LogP contribution in [-0.2, 0) is 19.1 Å². The molecule has 6 heteroatoms. The SMILES string of the molecule is CCCC/C(=C/Nc1ccccc1N/C=C(/CCCC)C(=O)OCC)C(=O)OCC. The van der Waals surface area contributed by atoms with Crippen LogP contribution in [0.25, 0.3) is 0 Å². The van der Waals surface area contributed by atoms with Crippen molar-refractivity contribution in [3.05, 3.63) is 47.8 Å². The van der Waals surface area contributed by atoms with E-state index in [9.17, 15) is 9.59 Å². The third-order valence-electron chi connectivity index (χ3n) is 4.41. The number of carbonyl (C=O) groups excluding carboxylic acids is 2. The third-order valence-corrected chi connectivity index (χ3v) is 4.41. The second kappa shape index (κ2) is 15.1. The van der Waals surface area contributed by atoms with Gasteiger partial charge in [-0.25, -0.2) is 9.59 Å². The van der Waals surface area contributed by atoms with Gasteiger partial charge in [0, 0.05) is 12.4 Å². The lowest BCUT2D eigenvalue weighted by Gasteiger charge is -2.13. The molecule has 166 valence electrons. The van der Waals surface area contributed by atoms with Crippen LogP contribution in [0.5, 0.6) is 0 Å². The molecule has 0 amide bonds. The molecule has 0 radical (unpaired) electrons. The number of carbonyl (C=O) groups is 2. The van der Waals surface area contributed by atoms with Gasteiger partial charge in [0.2, 0.25) is 0 Å². The minimum absolute atomic E-state index is 0.298. The predicted octanol–water partition coefficient (Wildman–Crippen LogP) is 5.78. The first kappa shape index (κ1) is 25.3. The minimum Gasteiger partial charge on any atom is -0.463 e. The molecule has 0 bridgehead atoms. The van der Waals surface area contributed by atoms with E-state index in [2.05, 4.69) is 24.5 Å². The Labute approximate surface area is 180 Å². The van der Waals surface area contributed by atoms with E-state index in [1.807, 2.05) is 24.3 Å². The van der Waals surface area contributed by atoms with Gasteiger partial charge in [-0.15, -0.1) is 0 Å². The first-order chi connectivity index (χ1) is 14.6. The monoisotopic (exact) mass is 416 g/mol. The predicted molar refractivity (Wildman–Crippen MR) is 122 cm³/mol. The van der Waals surface area contributed by atoms with E-state index in [1.54, 1.807) is 26.2 Å². The number of esters is 2. The van der Waals surface area contributed by atoms with E-state index in [0.29, 0.717) is 37.2 Å². The second-order valence-corrected chi connectivity index (χ2v) is 6.82. The van der Waals surface area contributed by atoms with E-state index in [1.165, 1.54) is 0 Å². The maximum absolute atomic E-state index is 12.2. The normalized spacial score (nSPS) is 11.7. The van der Waals surface area contributed by atoms with Crippen molar-refractivity contribution in [2.24, 2.45) is 0 Å². The van der Waals surface area contributed by atoms with Crippen molar-refractivity contribution in [2.75, 3.05) is 23.8 Å². The lowest BCUT2D eigenvalue weighted by atomic mass is 10.1. The van der Waals surface area contributed by atoms with E-state index in [4.69, 9.17) is 9.47 Å². The molecule has 30 heavy (non-hydrogen) atoms. The van der Waals surface area contributed by atoms with Crippen LogP contribution >= 0.6 is 0 Å². The highest BCUT2D eigenvalue weighted by Gasteiger charge is 2.12. The van der Waals surface area contributed by atoms with E-state index in [-0.39, 0.29) is 11.9 Å². The van der Waals surface area contributed by atoms with E-state index < -0.39 is 0 Å². The number of hydrogen-bond donors (Lipinski definition) is 2. The number of anilines is 2. The fourth-order valence-corrected chi connectivity index (χ4v) is 2.71. The van der Waals surface area contributed by atoms with Gasteiger partial charge in [-0.3, -0.25) is 0 Å². The summed E-state index contributed by atoms with van der Waals surface area (Å²) in [5.41, 5.74) is 2.81. The van der Waals surface area contributed by atoms with Gasteiger partial charge in [0.25, 0.3) is 0 Å². The van der Waals surface area contributed by atoms with E-state index in [0.717, 1.165) is 37.1 Å². The summed E-state index contributed by atoms with van der Waals surface area (Å²) < 4.78 is 10.3. The van der Waals surface area contributed by atoms with Crippen molar-refractivity contribution >= 4 is 23.3 Å².